The molecule has 0 aliphatic rings. The Morgan fingerprint density at radius 3 is 2.29 bits per heavy atom. The molecule has 0 spiro atoms. The highest BCUT2D eigenvalue weighted by Gasteiger charge is 2.14. The van der Waals surface area contributed by atoms with Crippen LogP contribution in [0.5, 0.6) is 5.75 Å². The average molecular weight is 471 g/mol. The number of ether oxygens (including phenoxy) is 2. The molecule has 0 N–H and O–H groups in total. The van der Waals surface area contributed by atoms with Crippen molar-refractivity contribution >= 4 is 22.7 Å². The normalized spacial score (nSPS) is 11.0. The van der Waals surface area contributed by atoms with Crippen LogP contribution >= 0.6 is 0 Å². The average Bonchev–Trinajstić information content (AvgIpc) is 2.85. The Morgan fingerprint density at radius 1 is 0.914 bits per heavy atom. The lowest BCUT2D eigenvalue weighted by atomic mass is 9.95. The molecule has 0 atom stereocenters. The monoisotopic (exact) mass is 470 g/mol. The topological polar surface area (TPSA) is 82.8 Å². The first-order valence-electron chi connectivity index (χ1n) is 11.4. The molecule has 0 fully saturated rings. The van der Waals surface area contributed by atoms with Crippen LogP contribution in [0.2, 0.25) is 0 Å². The molecule has 1 aromatic heterocycles. The van der Waals surface area contributed by atoms with Crippen LogP contribution < -0.4 is 10.4 Å². The van der Waals surface area contributed by atoms with Crippen molar-refractivity contribution in [3.63, 3.8) is 0 Å². The Balaban J connectivity index is 1.39. The van der Waals surface area contributed by atoms with Crippen molar-refractivity contribution in [2.45, 2.75) is 33.3 Å². The molecule has 1 heterocycles. The molecular weight excluding hydrogens is 444 g/mol. The first-order chi connectivity index (χ1) is 16.8. The number of rotatable bonds is 8. The zero-order valence-electron chi connectivity index (χ0n) is 19.9. The lowest BCUT2D eigenvalue weighted by molar-refractivity contribution is -0.147. The van der Waals surface area contributed by atoms with Gasteiger partial charge < -0.3 is 13.9 Å². The second-order valence-corrected chi connectivity index (χ2v) is 8.62. The minimum atomic E-state index is -0.577. The Morgan fingerprint density at radius 2 is 1.60 bits per heavy atom. The number of benzene rings is 3. The highest BCUT2D eigenvalue weighted by Crippen LogP contribution is 2.27. The smallest absolute Gasteiger partial charge is 0.344 e. The molecular formula is C29H26O6. The van der Waals surface area contributed by atoms with Crippen molar-refractivity contribution in [2.75, 3.05) is 6.61 Å². The lowest BCUT2D eigenvalue weighted by Gasteiger charge is -2.13. The van der Waals surface area contributed by atoms with E-state index in [9.17, 15) is 14.4 Å². The van der Waals surface area contributed by atoms with E-state index in [4.69, 9.17) is 13.9 Å². The van der Waals surface area contributed by atoms with Crippen molar-refractivity contribution < 1.29 is 23.5 Å². The van der Waals surface area contributed by atoms with Gasteiger partial charge in [-0.15, -0.1) is 0 Å². The Bertz CT molecular complexity index is 1420. The zero-order valence-corrected chi connectivity index (χ0v) is 19.9. The molecule has 6 heteroatoms. The summed E-state index contributed by atoms with van der Waals surface area (Å²) in [6.07, 6.45) is 0. The maximum absolute atomic E-state index is 12.5. The summed E-state index contributed by atoms with van der Waals surface area (Å²) in [5.74, 6) is 0.0675. The fraction of sp³-hybridized carbons (Fsp3) is 0.207. The van der Waals surface area contributed by atoms with Gasteiger partial charge in [-0.1, -0.05) is 44.2 Å². The third kappa shape index (κ3) is 5.66. The quantitative estimate of drug-likeness (QED) is 0.190. The van der Waals surface area contributed by atoms with Gasteiger partial charge >= 0.3 is 11.6 Å². The van der Waals surface area contributed by atoms with Crippen molar-refractivity contribution in [1.82, 2.24) is 0 Å². The Hall–Kier alpha value is -4.19. The molecule has 3 aromatic carbocycles. The van der Waals surface area contributed by atoms with E-state index in [2.05, 4.69) is 13.8 Å². The minimum absolute atomic E-state index is 0.0740. The second-order valence-electron chi connectivity index (χ2n) is 8.62. The number of carbonyl (C=O) groups is 2. The van der Waals surface area contributed by atoms with E-state index >= 15 is 0 Å². The summed E-state index contributed by atoms with van der Waals surface area (Å²) in [7, 11) is 0. The molecule has 0 radical (unpaired) electrons. The number of ketones is 1. The van der Waals surface area contributed by atoms with Crippen LogP contribution in [0.3, 0.4) is 0 Å². The largest absolute Gasteiger partial charge is 0.482 e. The predicted molar refractivity (Wildman–Crippen MR) is 133 cm³/mol. The molecule has 4 aromatic rings. The van der Waals surface area contributed by atoms with Gasteiger partial charge in [0.15, 0.2) is 12.4 Å². The second kappa shape index (κ2) is 10.4. The summed E-state index contributed by atoms with van der Waals surface area (Å²) >= 11 is 0. The van der Waals surface area contributed by atoms with Gasteiger partial charge in [-0.3, -0.25) is 4.79 Å². The molecule has 0 amide bonds. The maximum atomic E-state index is 12.5. The van der Waals surface area contributed by atoms with Crippen LogP contribution in [0.4, 0.5) is 0 Å². The molecule has 0 saturated heterocycles. The number of carbonyl (C=O) groups excluding carboxylic acids is 2. The fourth-order valence-electron chi connectivity index (χ4n) is 3.93. The Labute approximate surface area is 203 Å². The van der Waals surface area contributed by atoms with Gasteiger partial charge in [0.25, 0.3) is 0 Å². The standard InChI is InChI=1S/C29H26O6/c1-18(2)24-15-25-22(14-27(30)35-26(25)13-19(24)3)16-34-28(31)17-33-23-11-9-21(10-12-23)29(32)20-7-5-4-6-8-20/h4-15,18H,16-17H2,1-3H3. The van der Waals surface area contributed by atoms with Crippen molar-refractivity contribution in [3.05, 3.63) is 111 Å². The van der Waals surface area contributed by atoms with Gasteiger partial charge in [-0.05, 0) is 60.4 Å². The van der Waals surface area contributed by atoms with Crippen LogP contribution in [-0.2, 0) is 16.1 Å². The van der Waals surface area contributed by atoms with Crippen LogP contribution in [0.1, 0.15) is 52.4 Å². The molecule has 178 valence electrons. The van der Waals surface area contributed by atoms with E-state index in [0.717, 1.165) is 16.5 Å². The third-order valence-corrected chi connectivity index (χ3v) is 5.74. The summed E-state index contributed by atoms with van der Waals surface area (Å²) in [4.78, 5) is 36.8. The number of aryl methyl sites for hydroxylation is 1. The minimum Gasteiger partial charge on any atom is -0.482 e. The Kier molecular flexibility index (Phi) is 7.11. The maximum Gasteiger partial charge on any atom is 0.344 e. The van der Waals surface area contributed by atoms with Gasteiger partial charge in [0.2, 0.25) is 0 Å². The third-order valence-electron chi connectivity index (χ3n) is 5.74. The summed E-state index contributed by atoms with van der Waals surface area (Å²) in [5.41, 5.74) is 3.84. The summed E-state index contributed by atoms with van der Waals surface area (Å²) in [5, 5.41) is 0.742. The summed E-state index contributed by atoms with van der Waals surface area (Å²) < 4.78 is 16.2. The van der Waals surface area contributed by atoms with Crippen LogP contribution in [0.25, 0.3) is 11.0 Å². The lowest BCUT2D eigenvalue weighted by Crippen LogP contribution is -2.15. The highest BCUT2D eigenvalue weighted by atomic mass is 16.6. The highest BCUT2D eigenvalue weighted by molar-refractivity contribution is 6.09. The zero-order chi connectivity index (χ0) is 24.9. The van der Waals surface area contributed by atoms with Gasteiger partial charge in [-0.2, -0.15) is 0 Å². The summed E-state index contributed by atoms with van der Waals surface area (Å²) in [6.45, 7) is 5.78. The van der Waals surface area contributed by atoms with Crippen LogP contribution in [0, 0.1) is 6.92 Å². The van der Waals surface area contributed by atoms with Crippen LogP contribution in [0.15, 0.2) is 82.0 Å². The van der Waals surface area contributed by atoms with E-state index in [1.165, 1.54) is 6.07 Å². The van der Waals surface area contributed by atoms with E-state index in [1.807, 2.05) is 37.3 Å². The van der Waals surface area contributed by atoms with Gasteiger partial charge in [-0.25, -0.2) is 9.59 Å². The summed E-state index contributed by atoms with van der Waals surface area (Å²) in [6, 6.07) is 20.7. The SMILES string of the molecule is Cc1cc2oc(=O)cc(COC(=O)COc3ccc(C(=O)c4ccccc4)cc3)c2cc1C(C)C. The molecule has 0 saturated carbocycles. The molecule has 0 aliphatic carbocycles. The molecule has 0 aliphatic heterocycles. The fourth-order valence-corrected chi connectivity index (χ4v) is 3.93. The number of esters is 1. The number of hydrogen-bond acceptors (Lipinski definition) is 6. The van der Waals surface area contributed by atoms with E-state index < -0.39 is 11.6 Å². The van der Waals surface area contributed by atoms with Crippen molar-refractivity contribution in [2.24, 2.45) is 0 Å². The van der Waals surface area contributed by atoms with Crippen LogP contribution in [-0.4, -0.2) is 18.4 Å². The molecule has 6 nitrogen and oxygen atoms in total. The molecule has 0 unspecified atom stereocenters. The molecule has 4 rings (SSSR count). The predicted octanol–water partition coefficient (Wildman–Crippen LogP) is 5.58. The van der Waals surface area contributed by atoms with E-state index in [1.54, 1.807) is 36.4 Å². The first kappa shape index (κ1) is 24.0. The van der Waals surface area contributed by atoms with Crippen molar-refractivity contribution in [3.8, 4) is 5.75 Å². The van der Waals surface area contributed by atoms with E-state index in [0.29, 0.717) is 33.9 Å². The molecule has 35 heavy (non-hydrogen) atoms. The molecule has 0 bridgehead atoms. The number of hydrogen-bond donors (Lipinski definition) is 0. The number of fused-ring (bicyclic) bond motifs is 1. The van der Waals surface area contributed by atoms with Gasteiger partial charge in [0.05, 0.1) is 0 Å². The van der Waals surface area contributed by atoms with Gasteiger partial charge in [0.1, 0.15) is 17.9 Å². The van der Waals surface area contributed by atoms with Crippen molar-refractivity contribution in [1.29, 1.82) is 0 Å². The first-order valence-corrected chi connectivity index (χ1v) is 11.4. The van der Waals surface area contributed by atoms with Gasteiger partial charge in [0, 0.05) is 28.1 Å². The van der Waals surface area contributed by atoms with E-state index in [-0.39, 0.29) is 19.0 Å².